The van der Waals surface area contributed by atoms with Gasteiger partial charge in [0, 0.05) is 11.1 Å². The number of hydrogen-bond acceptors (Lipinski definition) is 5. The highest BCUT2D eigenvalue weighted by molar-refractivity contribution is 7.15. The van der Waals surface area contributed by atoms with Crippen LogP contribution in [0.4, 0.5) is 9.52 Å². The minimum Gasteiger partial charge on any atom is -0.375 e. The third-order valence-corrected chi connectivity index (χ3v) is 3.54. The third-order valence-electron chi connectivity index (χ3n) is 2.71. The second-order valence-corrected chi connectivity index (χ2v) is 5.47. The lowest BCUT2D eigenvalue weighted by molar-refractivity contribution is -0.122. The standard InChI is InChI=1S/C13H15FN4OS/c14-9-3-1-8(2-4-9)5-11(15)12(19)17-6-10-7-18-13(16)20-10/h1-4,7,11H,5-6,15H2,(H2,16,18)(H,17,19). The molecule has 1 amide bonds. The van der Waals surface area contributed by atoms with Crippen molar-refractivity contribution >= 4 is 22.4 Å². The minimum absolute atomic E-state index is 0.263. The number of nitrogens with one attached hydrogen (secondary N) is 1. The number of hydrogen-bond donors (Lipinski definition) is 3. The molecule has 1 atom stereocenters. The van der Waals surface area contributed by atoms with Gasteiger partial charge in [0.15, 0.2) is 5.13 Å². The van der Waals surface area contributed by atoms with E-state index in [0.717, 1.165) is 10.4 Å². The van der Waals surface area contributed by atoms with Crippen molar-refractivity contribution in [1.29, 1.82) is 0 Å². The number of nitrogens with zero attached hydrogens (tertiary/aromatic N) is 1. The van der Waals surface area contributed by atoms with E-state index >= 15 is 0 Å². The summed E-state index contributed by atoms with van der Waals surface area (Å²) in [6.45, 7) is 0.352. The van der Waals surface area contributed by atoms with E-state index in [1.54, 1.807) is 18.3 Å². The lowest BCUT2D eigenvalue weighted by Crippen LogP contribution is -2.41. The molecule has 20 heavy (non-hydrogen) atoms. The number of nitrogen functional groups attached to an aromatic ring is 1. The van der Waals surface area contributed by atoms with Crippen molar-refractivity contribution in [3.63, 3.8) is 0 Å². The van der Waals surface area contributed by atoms with E-state index in [1.807, 2.05) is 0 Å². The van der Waals surface area contributed by atoms with Gasteiger partial charge in [0.25, 0.3) is 0 Å². The van der Waals surface area contributed by atoms with Gasteiger partial charge in [-0.15, -0.1) is 11.3 Å². The SMILES string of the molecule is Nc1ncc(CNC(=O)C(N)Cc2ccc(F)cc2)s1. The lowest BCUT2D eigenvalue weighted by atomic mass is 10.1. The number of benzene rings is 1. The average molecular weight is 294 g/mol. The number of carbonyl (C=O) groups is 1. The second-order valence-electron chi connectivity index (χ2n) is 4.32. The number of rotatable bonds is 5. The van der Waals surface area contributed by atoms with Crippen molar-refractivity contribution in [2.24, 2.45) is 5.73 Å². The van der Waals surface area contributed by atoms with E-state index in [0.29, 0.717) is 18.1 Å². The van der Waals surface area contributed by atoms with E-state index in [1.165, 1.54) is 23.5 Å². The fourth-order valence-electron chi connectivity index (χ4n) is 1.68. The van der Waals surface area contributed by atoms with Gasteiger partial charge < -0.3 is 16.8 Å². The molecule has 0 aliphatic rings. The highest BCUT2D eigenvalue weighted by Gasteiger charge is 2.14. The highest BCUT2D eigenvalue weighted by atomic mass is 32.1. The van der Waals surface area contributed by atoms with Crippen molar-refractivity contribution in [2.45, 2.75) is 19.0 Å². The molecule has 5 N–H and O–H groups in total. The molecule has 0 saturated heterocycles. The number of halogens is 1. The van der Waals surface area contributed by atoms with Crippen LogP contribution in [-0.4, -0.2) is 16.9 Å². The van der Waals surface area contributed by atoms with Crippen LogP contribution in [-0.2, 0) is 17.8 Å². The van der Waals surface area contributed by atoms with E-state index < -0.39 is 6.04 Å². The minimum atomic E-state index is -0.675. The molecule has 1 aromatic heterocycles. The number of aromatic nitrogens is 1. The quantitative estimate of drug-likeness (QED) is 0.768. The van der Waals surface area contributed by atoms with E-state index in [4.69, 9.17) is 11.5 Å². The Morgan fingerprint density at radius 1 is 1.40 bits per heavy atom. The van der Waals surface area contributed by atoms with Crippen LogP contribution in [0.25, 0.3) is 0 Å². The van der Waals surface area contributed by atoms with Crippen LogP contribution < -0.4 is 16.8 Å². The zero-order valence-corrected chi connectivity index (χ0v) is 11.5. The second kappa shape index (κ2) is 6.44. The van der Waals surface area contributed by atoms with Crippen LogP contribution in [0.2, 0.25) is 0 Å². The van der Waals surface area contributed by atoms with E-state index in [2.05, 4.69) is 10.3 Å². The van der Waals surface area contributed by atoms with Gasteiger partial charge in [0.05, 0.1) is 12.6 Å². The summed E-state index contributed by atoms with van der Waals surface area (Å²) in [5, 5.41) is 3.18. The van der Waals surface area contributed by atoms with Crippen LogP contribution in [0.15, 0.2) is 30.5 Å². The molecular formula is C13H15FN4OS. The Morgan fingerprint density at radius 3 is 2.70 bits per heavy atom. The number of carbonyl (C=O) groups excluding carboxylic acids is 1. The first-order chi connectivity index (χ1) is 9.54. The number of anilines is 1. The van der Waals surface area contributed by atoms with Crippen LogP contribution in [0.3, 0.4) is 0 Å². The molecule has 1 unspecified atom stereocenters. The summed E-state index contributed by atoms with van der Waals surface area (Å²) in [6, 6.07) is 5.25. The van der Waals surface area contributed by atoms with Gasteiger partial charge in [-0.3, -0.25) is 4.79 Å². The molecule has 1 heterocycles. The summed E-state index contributed by atoms with van der Waals surface area (Å²) in [7, 11) is 0. The summed E-state index contributed by atoms with van der Waals surface area (Å²) in [6.07, 6.45) is 1.97. The zero-order chi connectivity index (χ0) is 14.5. The first-order valence-corrected chi connectivity index (χ1v) is 6.84. The van der Waals surface area contributed by atoms with Crippen molar-refractivity contribution in [3.05, 3.63) is 46.7 Å². The predicted octanol–water partition coefficient (Wildman–Crippen LogP) is 1.05. The topological polar surface area (TPSA) is 94.0 Å². The Kier molecular flexibility index (Phi) is 4.65. The normalized spacial score (nSPS) is 12.1. The maximum atomic E-state index is 12.8. The monoisotopic (exact) mass is 294 g/mol. The maximum Gasteiger partial charge on any atom is 0.237 e. The molecule has 5 nitrogen and oxygen atoms in total. The summed E-state index contributed by atoms with van der Waals surface area (Å²) >= 11 is 1.32. The van der Waals surface area contributed by atoms with Crippen molar-refractivity contribution in [1.82, 2.24) is 10.3 Å². The Balaban J connectivity index is 1.84. The molecule has 106 valence electrons. The fourth-order valence-corrected chi connectivity index (χ4v) is 2.30. The van der Waals surface area contributed by atoms with E-state index in [9.17, 15) is 9.18 Å². The van der Waals surface area contributed by atoms with Crippen LogP contribution >= 0.6 is 11.3 Å². The molecule has 1 aromatic carbocycles. The fraction of sp³-hybridized carbons (Fsp3) is 0.231. The van der Waals surface area contributed by atoms with Crippen LogP contribution in [0.5, 0.6) is 0 Å². The molecule has 0 radical (unpaired) electrons. The third kappa shape index (κ3) is 4.01. The molecule has 2 rings (SSSR count). The Morgan fingerprint density at radius 2 is 2.10 bits per heavy atom. The lowest BCUT2D eigenvalue weighted by Gasteiger charge is -2.11. The van der Waals surface area contributed by atoms with Gasteiger partial charge in [-0.1, -0.05) is 12.1 Å². The first-order valence-electron chi connectivity index (χ1n) is 6.02. The van der Waals surface area contributed by atoms with Crippen LogP contribution in [0, 0.1) is 5.82 Å². The zero-order valence-electron chi connectivity index (χ0n) is 10.7. The van der Waals surface area contributed by atoms with Gasteiger partial charge in [0.1, 0.15) is 5.82 Å². The van der Waals surface area contributed by atoms with Crippen molar-refractivity contribution < 1.29 is 9.18 Å². The largest absolute Gasteiger partial charge is 0.375 e. The summed E-state index contributed by atoms with van der Waals surface area (Å²) in [5.41, 5.74) is 12.1. The van der Waals surface area contributed by atoms with Gasteiger partial charge in [-0.25, -0.2) is 9.37 Å². The van der Waals surface area contributed by atoms with Crippen molar-refractivity contribution in [3.8, 4) is 0 Å². The number of nitrogens with two attached hydrogens (primary N) is 2. The molecule has 0 fully saturated rings. The molecular weight excluding hydrogens is 279 g/mol. The van der Waals surface area contributed by atoms with Gasteiger partial charge >= 0.3 is 0 Å². The molecule has 0 aliphatic carbocycles. The summed E-state index contributed by atoms with van der Waals surface area (Å²) in [4.78, 5) is 16.6. The maximum absolute atomic E-state index is 12.8. The van der Waals surface area contributed by atoms with Crippen molar-refractivity contribution in [2.75, 3.05) is 5.73 Å². The Labute approximate surface area is 119 Å². The number of amides is 1. The van der Waals surface area contributed by atoms with E-state index in [-0.39, 0.29) is 11.7 Å². The van der Waals surface area contributed by atoms with Gasteiger partial charge in [-0.05, 0) is 24.1 Å². The molecule has 2 aromatic rings. The highest BCUT2D eigenvalue weighted by Crippen LogP contribution is 2.13. The first kappa shape index (κ1) is 14.4. The summed E-state index contributed by atoms with van der Waals surface area (Å²) < 4.78 is 12.8. The molecule has 0 spiro atoms. The number of thiazole rings is 1. The molecule has 7 heteroatoms. The Bertz CT molecular complexity index is 584. The molecule has 0 saturated carbocycles. The molecule has 0 bridgehead atoms. The summed E-state index contributed by atoms with van der Waals surface area (Å²) in [5.74, 6) is -0.573. The van der Waals surface area contributed by atoms with Crippen LogP contribution in [0.1, 0.15) is 10.4 Å². The molecule has 0 aliphatic heterocycles. The van der Waals surface area contributed by atoms with Gasteiger partial charge in [0.2, 0.25) is 5.91 Å². The smallest absolute Gasteiger partial charge is 0.237 e. The predicted molar refractivity (Wildman–Crippen MR) is 76.5 cm³/mol. The average Bonchev–Trinajstić information content (AvgIpc) is 2.84. The Hall–Kier alpha value is -1.99. The van der Waals surface area contributed by atoms with Gasteiger partial charge in [-0.2, -0.15) is 0 Å².